The van der Waals surface area contributed by atoms with Crippen LogP contribution >= 0.6 is 0 Å². The molecule has 0 unspecified atom stereocenters. The Morgan fingerprint density at radius 3 is 2.24 bits per heavy atom. The number of hydrogen-bond donors (Lipinski definition) is 1. The zero-order chi connectivity index (χ0) is 24.6. The van der Waals surface area contributed by atoms with E-state index < -0.39 is 10.0 Å². The Bertz CT molecular complexity index is 1200. The summed E-state index contributed by atoms with van der Waals surface area (Å²) in [5, 5.41) is 2.84. The third-order valence-electron chi connectivity index (χ3n) is 5.35. The lowest BCUT2D eigenvalue weighted by molar-refractivity contribution is -0.119. The molecule has 0 heterocycles. The van der Waals surface area contributed by atoms with Gasteiger partial charge in [-0.1, -0.05) is 42.0 Å². The summed E-state index contributed by atoms with van der Waals surface area (Å²) in [4.78, 5) is 12.8. The molecule has 3 aromatic carbocycles. The number of anilines is 1. The van der Waals surface area contributed by atoms with E-state index in [1.807, 2.05) is 37.3 Å². The van der Waals surface area contributed by atoms with Crippen LogP contribution in [0, 0.1) is 6.92 Å². The fourth-order valence-corrected chi connectivity index (χ4v) is 4.93. The van der Waals surface area contributed by atoms with Gasteiger partial charge in [-0.05, 0) is 61.7 Å². The normalized spacial score (nSPS) is 11.0. The molecule has 0 atom stereocenters. The van der Waals surface area contributed by atoms with E-state index in [0.29, 0.717) is 30.2 Å². The predicted octanol–water partition coefficient (Wildman–Crippen LogP) is 3.96. The summed E-state index contributed by atoms with van der Waals surface area (Å²) in [5.74, 6) is 0.951. The molecule has 3 rings (SSSR count). The lowest BCUT2D eigenvalue weighted by Crippen LogP contribution is -2.41. The number of carbonyl (C=O) groups is 1. The van der Waals surface area contributed by atoms with E-state index in [1.54, 1.807) is 44.6 Å². The van der Waals surface area contributed by atoms with Gasteiger partial charge in [0.15, 0.2) is 11.5 Å². The van der Waals surface area contributed by atoms with Gasteiger partial charge in [-0.3, -0.25) is 9.10 Å². The molecular formula is C26H30N2O5S. The number of benzene rings is 3. The monoisotopic (exact) mass is 482 g/mol. The molecule has 0 saturated carbocycles. The zero-order valence-corrected chi connectivity index (χ0v) is 20.5. The number of amides is 1. The first-order valence-electron chi connectivity index (χ1n) is 11.0. The molecule has 1 N–H and O–H groups in total. The van der Waals surface area contributed by atoms with E-state index in [4.69, 9.17) is 9.47 Å². The first-order chi connectivity index (χ1) is 16.3. The van der Waals surface area contributed by atoms with Crippen molar-refractivity contribution in [1.82, 2.24) is 5.32 Å². The summed E-state index contributed by atoms with van der Waals surface area (Å²) in [6, 6.07) is 20.9. The van der Waals surface area contributed by atoms with Gasteiger partial charge in [0.05, 0.1) is 24.8 Å². The maximum absolute atomic E-state index is 13.3. The number of aryl methyl sites for hydroxylation is 2. The number of methoxy groups -OCH3 is 2. The van der Waals surface area contributed by atoms with Gasteiger partial charge in [0.2, 0.25) is 5.91 Å². The number of nitrogens with one attached hydrogen (secondary N) is 1. The van der Waals surface area contributed by atoms with Gasteiger partial charge >= 0.3 is 0 Å². The van der Waals surface area contributed by atoms with Gasteiger partial charge in [0.25, 0.3) is 10.0 Å². The Hall–Kier alpha value is -3.52. The smallest absolute Gasteiger partial charge is 0.264 e. The van der Waals surface area contributed by atoms with Crippen molar-refractivity contribution in [1.29, 1.82) is 0 Å². The first kappa shape index (κ1) is 25.1. The lowest BCUT2D eigenvalue weighted by Gasteiger charge is -2.24. The number of rotatable bonds is 11. The van der Waals surface area contributed by atoms with Crippen molar-refractivity contribution in [2.24, 2.45) is 0 Å². The summed E-state index contributed by atoms with van der Waals surface area (Å²) in [5.41, 5.74) is 2.50. The highest BCUT2D eigenvalue weighted by Crippen LogP contribution is 2.28. The molecule has 0 aliphatic heterocycles. The Kier molecular flexibility index (Phi) is 8.54. The minimum absolute atomic E-state index is 0.136. The molecule has 0 bridgehead atoms. The Morgan fingerprint density at radius 2 is 1.59 bits per heavy atom. The average molecular weight is 483 g/mol. The van der Waals surface area contributed by atoms with Crippen molar-refractivity contribution < 1.29 is 22.7 Å². The van der Waals surface area contributed by atoms with E-state index in [2.05, 4.69) is 5.32 Å². The van der Waals surface area contributed by atoms with Crippen LogP contribution in [0.15, 0.2) is 77.7 Å². The van der Waals surface area contributed by atoms with Gasteiger partial charge < -0.3 is 14.8 Å². The van der Waals surface area contributed by atoms with Gasteiger partial charge in [-0.15, -0.1) is 0 Å². The maximum atomic E-state index is 13.3. The second-order valence-electron chi connectivity index (χ2n) is 7.80. The fourth-order valence-electron chi connectivity index (χ4n) is 3.49. The van der Waals surface area contributed by atoms with Crippen molar-refractivity contribution in [2.75, 3.05) is 31.6 Å². The number of carbonyl (C=O) groups excluding carboxylic acids is 1. The molecular weight excluding hydrogens is 452 g/mol. The SMILES string of the molecule is COc1ccc(CCCNC(=O)CN(c2ccc(C)cc2)S(=O)(=O)c2ccccc2)cc1OC. The standard InChI is InChI=1S/C26H30N2O5S/c1-20-11-14-22(15-12-20)28(34(30,31)23-9-5-4-6-10-23)19-26(29)27-17-7-8-21-13-16-24(32-2)25(18-21)33-3/h4-6,9-16,18H,7-8,17,19H2,1-3H3,(H,27,29). The predicted molar refractivity (Wildman–Crippen MR) is 133 cm³/mol. The van der Waals surface area contributed by atoms with Crippen molar-refractivity contribution in [2.45, 2.75) is 24.7 Å². The van der Waals surface area contributed by atoms with Crippen molar-refractivity contribution in [3.05, 3.63) is 83.9 Å². The van der Waals surface area contributed by atoms with E-state index in [-0.39, 0.29) is 17.3 Å². The van der Waals surface area contributed by atoms with Crippen LogP contribution in [0.3, 0.4) is 0 Å². The molecule has 1 amide bonds. The zero-order valence-electron chi connectivity index (χ0n) is 19.7. The second-order valence-corrected chi connectivity index (χ2v) is 9.67. The summed E-state index contributed by atoms with van der Waals surface area (Å²) in [6.07, 6.45) is 1.42. The average Bonchev–Trinajstić information content (AvgIpc) is 2.86. The molecule has 0 aliphatic carbocycles. The van der Waals surface area contributed by atoms with Crippen LogP contribution in [0.5, 0.6) is 11.5 Å². The number of ether oxygens (including phenoxy) is 2. The molecule has 3 aromatic rings. The molecule has 0 spiro atoms. The lowest BCUT2D eigenvalue weighted by atomic mass is 10.1. The first-order valence-corrected chi connectivity index (χ1v) is 12.4. The fraction of sp³-hybridized carbons (Fsp3) is 0.269. The molecule has 180 valence electrons. The molecule has 0 saturated heterocycles. The number of sulfonamides is 1. The number of hydrogen-bond acceptors (Lipinski definition) is 5. The van der Waals surface area contributed by atoms with Crippen molar-refractivity contribution in [3.63, 3.8) is 0 Å². The van der Waals surface area contributed by atoms with Crippen LogP contribution < -0.4 is 19.1 Å². The molecule has 0 fully saturated rings. The minimum Gasteiger partial charge on any atom is -0.493 e. The Morgan fingerprint density at radius 1 is 0.912 bits per heavy atom. The van der Waals surface area contributed by atoms with Gasteiger partial charge in [-0.25, -0.2) is 8.42 Å². The summed E-state index contributed by atoms with van der Waals surface area (Å²) in [6.45, 7) is 2.03. The molecule has 8 heteroatoms. The maximum Gasteiger partial charge on any atom is 0.264 e. The quantitative estimate of drug-likeness (QED) is 0.418. The molecule has 0 radical (unpaired) electrons. The molecule has 7 nitrogen and oxygen atoms in total. The van der Waals surface area contributed by atoms with Crippen LogP contribution in [0.1, 0.15) is 17.5 Å². The van der Waals surface area contributed by atoms with Crippen molar-refractivity contribution in [3.8, 4) is 11.5 Å². The van der Waals surface area contributed by atoms with E-state index in [9.17, 15) is 13.2 Å². The Balaban J connectivity index is 1.65. The minimum atomic E-state index is -3.90. The highest BCUT2D eigenvalue weighted by atomic mass is 32.2. The van der Waals surface area contributed by atoms with Crippen LogP contribution in [-0.4, -0.2) is 41.6 Å². The van der Waals surface area contributed by atoms with E-state index >= 15 is 0 Å². The van der Waals surface area contributed by atoms with Gasteiger partial charge in [0.1, 0.15) is 6.54 Å². The summed E-state index contributed by atoms with van der Waals surface area (Å²) in [7, 11) is -0.727. The van der Waals surface area contributed by atoms with Gasteiger partial charge in [0, 0.05) is 6.54 Å². The highest BCUT2D eigenvalue weighted by molar-refractivity contribution is 7.92. The van der Waals surface area contributed by atoms with Crippen LogP contribution in [0.2, 0.25) is 0 Å². The summed E-state index contributed by atoms with van der Waals surface area (Å²) >= 11 is 0. The van der Waals surface area contributed by atoms with Crippen LogP contribution in [0.4, 0.5) is 5.69 Å². The molecule has 34 heavy (non-hydrogen) atoms. The Labute approximate surface area is 201 Å². The summed E-state index contributed by atoms with van der Waals surface area (Å²) < 4.78 is 38.3. The van der Waals surface area contributed by atoms with Crippen LogP contribution in [-0.2, 0) is 21.2 Å². The molecule has 0 aromatic heterocycles. The van der Waals surface area contributed by atoms with E-state index in [1.165, 1.54) is 12.1 Å². The largest absolute Gasteiger partial charge is 0.493 e. The highest BCUT2D eigenvalue weighted by Gasteiger charge is 2.26. The van der Waals surface area contributed by atoms with E-state index in [0.717, 1.165) is 21.9 Å². The van der Waals surface area contributed by atoms with Crippen molar-refractivity contribution >= 4 is 21.6 Å². The second kappa shape index (κ2) is 11.6. The third-order valence-corrected chi connectivity index (χ3v) is 7.14. The third kappa shape index (κ3) is 6.29. The van der Waals surface area contributed by atoms with Gasteiger partial charge in [-0.2, -0.15) is 0 Å². The number of nitrogens with zero attached hydrogens (tertiary/aromatic N) is 1. The topological polar surface area (TPSA) is 84.9 Å². The molecule has 0 aliphatic rings. The van der Waals surface area contributed by atoms with Crippen LogP contribution in [0.25, 0.3) is 0 Å².